The molecule has 1 unspecified atom stereocenters. The molecular formula is C12H25N3OS. The van der Waals surface area contributed by atoms with E-state index in [-0.39, 0.29) is 11.9 Å². The lowest BCUT2D eigenvalue weighted by Gasteiger charge is -2.29. The zero-order valence-electron chi connectivity index (χ0n) is 10.9. The van der Waals surface area contributed by atoms with Crippen LogP contribution >= 0.6 is 11.8 Å². The van der Waals surface area contributed by atoms with E-state index in [1.807, 2.05) is 6.26 Å². The molecule has 0 aromatic carbocycles. The van der Waals surface area contributed by atoms with Gasteiger partial charge < -0.3 is 16.0 Å². The van der Waals surface area contributed by atoms with Crippen molar-refractivity contribution in [1.29, 1.82) is 0 Å². The van der Waals surface area contributed by atoms with Gasteiger partial charge in [-0.25, -0.2) is 0 Å². The number of nitrogens with two attached hydrogens (primary N) is 1. The van der Waals surface area contributed by atoms with Crippen molar-refractivity contribution >= 4 is 17.7 Å². The summed E-state index contributed by atoms with van der Waals surface area (Å²) < 4.78 is 0. The third-order valence-corrected chi connectivity index (χ3v) is 3.90. The lowest BCUT2D eigenvalue weighted by atomic mass is 9.98. The third kappa shape index (κ3) is 5.75. The van der Waals surface area contributed by atoms with E-state index in [9.17, 15) is 4.79 Å². The maximum Gasteiger partial charge on any atom is 0.236 e. The van der Waals surface area contributed by atoms with Crippen LogP contribution in [0.3, 0.4) is 0 Å². The summed E-state index contributed by atoms with van der Waals surface area (Å²) in [5.41, 5.74) is 5.81. The second-order valence-corrected chi connectivity index (χ2v) is 5.89. The first kappa shape index (κ1) is 14.8. The number of piperidine rings is 1. The Morgan fingerprint density at radius 2 is 2.41 bits per heavy atom. The molecule has 1 aliphatic heterocycles. The molecule has 1 fully saturated rings. The van der Waals surface area contributed by atoms with E-state index in [0.717, 1.165) is 25.3 Å². The van der Waals surface area contributed by atoms with Crippen LogP contribution < -0.4 is 11.1 Å². The topological polar surface area (TPSA) is 58.4 Å². The SMILES string of the molecule is CSCC[C@@H](N)C(=O)NCC1CCCN(C)C1. The van der Waals surface area contributed by atoms with Gasteiger partial charge in [0.15, 0.2) is 0 Å². The molecule has 1 heterocycles. The van der Waals surface area contributed by atoms with Crippen LogP contribution in [0.2, 0.25) is 0 Å². The van der Waals surface area contributed by atoms with Crippen LogP contribution in [0.5, 0.6) is 0 Å². The minimum absolute atomic E-state index is 0.00674. The van der Waals surface area contributed by atoms with Gasteiger partial charge in [-0.15, -0.1) is 0 Å². The van der Waals surface area contributed by atoms with Gasteiger partial charge in [0.2, 0.25) is 5.91 Å². The minimum atomic E-state index is -0.344. The molecule has 17 heavy (non-hydrogen) atoms. The summed E-state index contributed by atoms with van der Waals surface area (Å²) in [7, 11) is 2.14. The fourth-order valence-corrected chi connectivity index (χ4v) is 2.68. The highest BCUT2D eigenvalue weighted by Crippen LogP contribution is 2.13. The molecule has 5 heteroatoms. The average molecular weight is 259 g/mol. The van der Waals surface area contributed by atoms with Gasteiger partial charge in [0.05, 0.1) is 6.04 Å². The summed E-state index contributed by atoms with van der Waals surface area (Å²) in [5, 5.41) is 2.98. The van der Waals surface area contributed by atoms with Crippen molar-refractivity contribution < 1.29 is 4.79 Å². The summed E-state index contributed by atoms with van der Waals surface area (Å²) in [6, 6.07) is -0.344. The molecule has 0 aliphatic carbocycles. The largest absolute Gasteiger partial charge is 0.354 e. The summed E-state index contributed by atoms with van der Waals surface area (Å²) in [4.78, 5) is 14.0. The van der Waals surface area contributed by atoms with Crippen LogP contribution in [0.15, 0.2) is 0 Å². The molecule has 1 aliphatic rings. The second kappa shape index (κ2) is 7.95. The van der Waals surface area contributed by atoms with E-state index in [1.54, 1.807) is 11.8 Å². The molecule has 4 nitrogen and oxygen atoms in total. The summed E-state index contributed by atoms with van der Waals surface area (Å²) in [6.07, 6.45) is 5.24. The average Bonchev–Trinajstić information content (AvgIpc) is 2.33. The van der Waals surface area contributed by atoms with Crippen molar-refractivity contribution in [3.05, 3.63) is 0 Å². The van der Waals surface area contributed by atoms with Crippen molar-refractivity contribution in [2.75, 3.05) is 38.7 Å². The maximum atomic E-state index is 11.7. The third-order valence-electron chi connectivity index (χ3n) is 3.26. The quantitative estimate of drug-likeness (QED) is 0.730. The van der Waals surface area contributed by atoms with Gasteiger partial charge in [-0.2, -0.15) is 11.8 Å². The standard InChI is InChI=1S/C12H25N3OS/c1-15-6-3-4-10(9-15)8-14-12(16)11(13)5-7-17-2/h10-11H,3-9,13H2,1-2H3,(H,14,16)/t10?,11-/m1/s1. The number of thioether (sulfide) groups is 1. The number of likely N-dealkylation sites (tertiary alicyclic amines) is 1. The van der Waals surface area contributed by atoms with E-state index in [0.29, 0.717) is 5.92 Å². The van der Waals surface area contributed by atoms with E-state index in [2.05, 4.69) is 17.3 Å². The maximum absolute atomic E-state index is 11.7. The van der Waals surface area contributed by atoms with Gasteiger partial charge in [-0.05, 0) is 50.8 Å². The Hall–Kier alpha value is -0.260. The van der Waals surface area contributed by atoms with Crippen LogP contribution in [-0.2, 0) is 4.79 Å². The van der Waals surface area contributed by atoms with Crippen molar-refractivity contribution in [2.24, 2.45) is 11.7 Å². The molecule has 0 aromatic heterocycles. The monoisotopic (exact) mass is 259 g/mol. The Balaban J connectivity index is 2.18. The summed E-state index contributed by atoms with van der Waals surface area (Å²) in [5.74, 6) is 1.54. The van der Waals surface area contributed by atoms with E-state index >= 15 is 0 Å². The van der Waals surface area contributed by atoms with Crippen LogP contribution in [0.25, 0.3) is 0 Å². The van der Waals surface area contributed by atoms with E-state index < -0.39 is 0 Å². The normalized spacial score (nSPS) is 23.4. The number of rotatable bonds is 6. The van der Waals surface area contributed by atoms with Crippen LogP contribution in [0.4, 0.5) is 0 Å². The van der Waals surface area contributed by atoms with Gasteiger partial charge in [-0.1, -0.05) is 0 Å². The summed E-state index contributed by atoms with van der Waals surface area (Å²) in [6.45, 7) is 3.04. The first-order valence-electron chi connectivity index (χ1n) is 6.34. The molecule has 2 atom stereocenters. The predicted molar refractivity (Wildman–Crippen MR) is 74.2 cm³/mol. The van der Waals surface area contributed by atoms with Crippen molar-refractivity contribution in [2.45, 2.75) is 25.3 Å². The van der Waals surface area contributed by atoms with Crippen LogP contribution in [0.1, 0.15) is 19.3 Å². The first-order chi connectivity index (χ1) is 8.13. The molecular weight excluding hydrogens is 234 g/mol. The van der Waals surface area contributed by atoms with Crippen LogP contribution in [-0.4, -0.2) is 55.5 Å². The molecule has 1 saturated heterocycles. The van der Waals surface area contributed by atoms with Gasteiger partial charge in [0, 0.05) is 13.1 Å². The van der Waals surface area contributed by atoms with Gasteiger partial charge in [-0.3, -0.25) is 4.79 Å². The van der Waals surface area contributed by atoms with Crippen molar-refractivity contribution in [1.82, 2.24) is 10.2 Å². The lowest BCUT2D eigenvalue weighted by Crippen LogP contribution is -2.45. The zero-order valence-corrected chi connectivity index (χ0v) is 11.8. The zero-order chi connectivity index (χ0) is 12.7. The van der Waals surface area contributed by atoms with Crippen molar-refractivity contribution in [3.63, 3.8) is 0 Å². The first-order valence-corrected chi connectivity index (χ1v) is 7.73. The Morgan fingerprint density at radius 1 is 1.65 bits per heavy atom. The molecule has 3 N–H and O–H groups in total. The van der Waals surface area contributed by atoms with Gasteiger partial charge in [0.1, 0.15) is 0 Å². The fraction of sp³-hybridized carbons (Fsp3) is 0.917. The highest BCUT2D eigenvalue weighted by molar-refractivity contribution is 7.98. The molecule has 0 spiro atoms. The molecule has 1 amide bonds. The molecule has 0 saturated carbocycles. The Kier molecular flexibility index (Phi) is 6.92. The number of hydrogen-bond acceptors (Lipinski definition) is 4. The van der Waals surface area contributed by atoms with E-state index in [4.69, 9.17) is 5.73 Å². The Morgan fingerprint density at radius 3 is 3.06 bits per heavy atom. The second-order valence-electron chi connectivity index (χ2n) is 4.90. The number of nitrogens with zero attached hydrogens (tertiary/aromatic N) is 1. The van der Waals surface area contributed by atoms with Crippen molar-refractivity contribution in [3.8, 4) is 0 Å². The highest BCUT2D eigenvalue weighted by atomic mass is 32.2. The van der Waals surface area contributed by atoms with Gasteiger partial charge in [0.25, 0.3) is 0 Å². The Labute approximate surface area is 109 Å². The minimum Gasteiger partial charge on any atom is -0.354 e. The van der Waals surface area contributed by atoms with Gasteiger partial charge >= 0.3 is 0 Å². The number of carbonyl (C=O) groups excluding carboxylic acids is 1. The molecule has 100 valence electrons. The highest BCUT2D eigenvalue weighted by Gasteiger charge is 2.19. The van der Waals surface area contributed by atoms with E-state index in [1.165, 1.54) is 19.4 Å². The number of nitrogens with one attached hydrogen (secondary N) is 1. The van der Waals surface area contributed by atoms with Crippen LogP contribution in [0, 0.1) is 5.92 Å². The molecule has 1 rings (SSSR count). The number of carbonyl (C=O) groups is 1. The molecule has 0 aromatic rings. The molecule has 0 bridgehead atoms. The Bertz CT molecular complexity index is 238. The fourth-order valence-electron chi connectivity index (χ4n) is 2.19. The number of amides is 1. The lowest BCUT2D eigenvalue weighted by molar-refractivity contribution is -0.122. The number of hydrogen-bond donors (Lipinski definition) is 2. The molecule has 0 radical (unpaired) electrons. The summed E-state index contributed by atoms with van der Waals surface area (Å²) >= 11 is 1.73. The smallest absolute Gasteiger partial charge is 0.236 e. The predicted octanol–water partition coefficient (Wildman–Crippen LogP) is 0.525.